The molecule has 106 valence electrons. The quantitative estimate of drug-likeness (QED) is 0.871. The first-order valence-corrected chi connectivity index (χ1v) is 6.49. The van der Waals surface area contributed by atoms with Crippen molar-refractivity contribution in [3.8, 4) is 11.6 Å². The van der Waals surface area contributed by atoms with Crippen LogP contribution in [0.1, 0.15) is 6.92 Å². The zero-order chi connectivity index (χ0) is 14.7. The van der Waals surface area contributed by atoms with Gasteiger partial charge < -0.3 is 10.1 Å². The molecule has 1 aromatic carbocycles. The van der Waals surface area contributed by atoms with Gasteiger partial charge in [0.05, 0.1) is 5.02 Å². The summed E-state index contributed by atoms with van der Waals surface area (Å²) in [4.78, 5) is 4.04. The molecule has 0 bridgehead atoms. The van der Waals surface area contributed by atoms with E-state index in [1.54, 1.807) is 0 Å². The van der Waals surface area contributed by atoms with Gasteiger partial charge in [-0.25, -0.2) is 8.78 Å². The van der Waals surface area contributed by atoms with Gasteiger partial charge >= 0.3 is 0 Å². The molecule has 0 fully saturated rings. The van der Waals surface area contributed by atoms with E-state index >= 15 is 0 Å². The molecule has 0 atom stereocenters. The molecule has 7 heteroatoms. The predicted molar refractivity (Wildman–Crippen MR) is 74.9 cm³/mol. The number of rotatable bonds is 4. The Hall–Kier alpha value is -1.59. The first-order valence-electron chi connectivity index (χ1n) is 5.74. The van der Waals surface area contributed by atoms with E-state index in [-0.39, 0.29) is 16.7 Å². The highest BCUT2D eigenvalue weighted by Crippen LogP contribution is 2.34. The van der Waals surface area contributed by atoms with E-state index < -0.39 is 11.6 Å². The van der Waals surface area contributed by atoms with Crippen molar-refractivity contribution in [3.63, 3.8) is 0 Å². The number of nitrogens with one attached hydrogen (secondary N) is 1. The molecule has 0 saturated heterocycles. The van der Waals surface area contributed by atoms with Crippen molar-refractivity contribution < 1.29 is 13.5 Å². The van der Waals surface area contributed by atoms with Crippen LogP contribution in [0.5, 0.6) is 11.6 Å². The lowest BCUT2D eigenvalue weighted by molar-refractivity contribution is 0.423. The summed E-state index contributed by atoms with van der Waals surface area (Å²) in [7, 11) is 0. The summed E-state index contributed by atoms with van der Waals surface area (Å²) in [6.07, 6.45) is 0. The second-order valence-electron chi connectivity index (χ2n) is 3.81. The van der Waals surface area contributed by atoms with Crippen molar-refractivity contribution in [2.24, 2.45) is 0 Å². The lowest BCUT2D eigenvalue weighted by Gasteiger charge is -2.11. The Morgan fingerprint density at radius 3 is 2.65 bits per heavy atom. The molecule has 0 amide bonds. The number of aromatic nitrogens is 1. The smallest absolute Gasteiger partial charge is 0.240 e. The molecule has 1 N–H and O–H groups in total. The molecular weight excluding hydrogens is 309 g/mol. The van der Waals surface area contributed by atoms with Gasteiger partial charge in [0.15, 0.2) is 11.6 Å². The van der Waals surface area contributed by atoms with Crippen molar-refractivity contribution in [2.45, 2.75) is 6.92 Å². The van der Waals surface area contributed by atoms with Crippen LogP contribution in [-0.4, -0.2) is 11.5 Å². The summed E-state index contributed by atoms with van der Waals surface area (Å²) in [5.74, 6) is -1.35. The van der Waals surface area contributed by atoms with Crippen LogP contribution in [0.4, 0.5) is 14.6 Å². The maximum atomic E-state index is 13.5. The normalized spacial score (nSPS) is 10.4. The zero-order valence-electron chi connectivity index (χ0n) is 10.4. The highest BCUT2D eigenvalue weighted by molar-refractivity contribution is 6.36. The van der Waals surface area contributed by atoms with Gasteiger partial charge in [-0.2, -0.15) is 4.98 Å². The van der Waals surface area contributed by atoms with Gasteiger partial charge in [0, 0.05) is 12.6 Å². The van der Waals surface area contributed by atoms with E-state index in [4.69, 9.17) is 27.9 Å². The van der Waals surface area contributed by atoms with Gasteiger partial charge in [0.25, 0.3) is 0 Å². The molecular formula is C13H10Cl2F2N2O. The van der Waals surface area contributed by atoms with Crippen molar-refractivity contribution in [1.29, 1.82) is 0 Å². The number of halogens is 4. The van der Waals surface area contributed by atoms with Crippen molar-refractivity contribution >= 4 is 29.0 Å². The maximum Gasteiger partial charge on any atom is 0.240 e. The largest absolute Gasteiger partial charge is 0.434 e. The third kappa shape index (κ3) is 3.29. The minimum atomic E-state index is -0.718. The number of hydrogen-bond acceptors (Lipinski definition) is 3. The van der Waals surface area contributed by atoms with Crippen molar-refractivity contribution in [1.82, 2.24) is 4.98 Å². The molecule has 0 radical (unpaired) electrons. The first-order chi connectivity index (χ1) is 9.51. The SMILES string of the molecule is CCNc1nc(Oc2cc(F)ccc2F)c(Cl)cc1Cl. The molecule has 2 aromatic rings. The average Bonchev–Trinajstić information content (AvgIpc) is 2.39. The van der Waals surface area contributed by atoms with Crippen LogP contribution in [0, 0.1) is 11.6 Å². The van der Waals surface area contributed by atoms with Gasteiger partial charge in [-0.1, -0.05) is 23.2 Å². The predicted octanol–water partition coefficient (Wildman–Crippen LogP) is 4.89. The van der Waals surface area contributed by atoms with Crippen LogP contribution < -0.4 is 10.1 Å². The molecule has 2 rings (SSSR count). The molecule has 20 heavy (non-hydrogen) atoms. The highest BCUT2D eigenvalue weighted by atomic mass is 35.5. The summed E-state index contributed by atoms with van der Waals surface area (Å²) < 4.78 is 31.8. The van der Waals surface area contributed by atoms with E-state index in [0.29, 0.717) is 17.4 Å². The fourth-order valence-electron chi connectivity index (χ4n) is 1.47. The van der Waals surface area contributed by atoms with Crippen LogP contribution >= 0.6 is 23.2 Å². The van der Waals surface area contributed by atoms with Gasteiger partial charge in [0.1, 0.15) is 16.7 Å². The molecule has 3 nitrogen and oxygen atoms in total. The van der Waals surface area contributed by atoms with Crippen LogP contribution in [-0.2, 0) is 0 Å². The average molecular weight is 319 g/mol. The Kier molecular flexibility index (Phi) is 4.62. The fourth-order valence-corrected chi connectivity index (χ4v) is 1.94. The number of nitrogens with zero attached hydrogens (tertiary/aromatic N) is 1. The van der Waals surface area contributed by atoms with Gasteiger partial charge in [-0.3, -0.25) is 0 Å². The molecule has 0 aliphatic rings. The Morgan fingerprint density at radius 2 is 1.95 bits per heavy atom. The first kappa shape index (κ1) is 14.8. The molecule has 0 saturated carbocycles. The van der Waals surface area contributed by atoms with E-state index in [1.807, 2.05) is 6.92 Å². The minimum absolute atomic E-state index is 0.0588. The summed E-state index contributed by atoms with van der Waals surface area (Å²) in [5.41, 5.74) is 0. The number of pyridine rings is 1. The van der Waals surface area contributed by atoms with Crippen LogP contribution in [0.15, 0.2) is 24.3 Å². The second kappa shape index (κ2) is 6.24. The monoisotopic (exact) mass is 318 g/mol. The lowest BCUT2D eigenvalue weighted by atomic mass is 10.3. The summed E-state index contributed by atoms with van der Waals surface area (Å²) in [5, 5.41) is 3.31. The van der Waals surface area contributed by atoms with E-state index in [2.05, 4.69) is 10.3 Å². The minimum Gasteiger partial charge on any atom is -0.434 e. The second-order valence-corrected chi connectivity index (χ2v) is 4.63. The Labute approximate surface area is 124 Å². The number of anilines is 1. The standard InChI is InChI=1S/C13H10Cl2F2N2O/c1-2-18-12-8(14)6-9(15)13(19-12)20-11-5-7(16)3-4-10(11)17/h3-6H,2H2,1H3,(H,18,19). The fraction of sp³-hybridized carbons (Fsp3) is 0.154. The van der Waals surface area contributed by atoms with E-state index in [0.717, 1.165) is 18.2 Å². The number of benzene rings is 1. The summed E-state index contributed by atoms with van der Waals surface area (Å²) >= 11 is 11.9. The zero-order valence-corrected chi connectivity index (χ0v) is 11.9. The third-order valence-corrected chi connectivity index (χ3v) is 2.90. The van der Waals surface area contributed by atoms with Gasteiger partial charge in [-0.15, -0.1) is 0 Å². The molecule has 0 spiro atoms. The molecule has 1 heterocycles. The number of hydrogen-bond donors (Lipinski definition) is 1. The topological polar surface area (TPSA) is 34.2 Å². The third-order valence-electron chi connectivity index (χ3n) is 2.34. The van der Waals surface area contributed by atoms with E-state index in [9.17, 15) is 8.78 Å². The van der Waals surface area contributed by atoms with Crippen LogP contribution in [0.2, 0.25) is 10.0 Å². The van der Waals surface area contributed by atoms with Gasteiger partial charge in [0.2, 0.25) is 5.88 Å². The lowest BCUT2D eigenvalue weighted by Crippen LogP contribution is -2.02. The maximum absolute atomic E-state index is 13.5. The summed E-state index contributed by atoms with van der Waals surface area (Å²) in [6.45, 7) is 2.45. The van der Waals surface area contributed by atoms with Crippen LogP contribution in [0.25, 0.3) is 0 Å². The Morgan fingerprint density at radius 1 is 1.20 bits per heavy atom. The Bertz CT molecular complexity index is 638. The van der Waals surface area contributed by atoms with Crippen molar-refractivity contribution in [3.05, 3.63) is 45.9 Å². The molecule has 0 aliphatic heterocycles. The Balaban J connectivity index is 2.37. The molecule has 0 aliphatic carbocycles. The van der Waals surface area contributed by atoms with E-state index in [1.165, 1.54) is 6.07 Å². The number of ether oxygens (including phenoxy) is 1. The summed E-state index contributed by atoms with van der Waals surface area (Å²) in [6, 6.07) is 4.28. The van der Waals surface area contributed by atoms with Gasteiger partial charge in [-0.05, 0) is 25.1 Å². The van der Waals surface area contributed by atoms with Crippen LogP contribution in [0.3, 0.4) is 0 Å². The molecule has 0 unspecified atom stereocenters. The highest BCUT2D eigenvalue weighted by Gasteiger charge is 2.13. The van der Waals surface area contributed by atoms with Crippen molar-refractivity contribution in [2.75, 3.05) is 11.9 Å². The molecule has 1 aromatic heterocycles.